The van der Waals surface area contributed by atoms with Crippen molar-refractivity contribution in [1.29, 1.82) is 0 Å². The van der Waals surface area contributed by atoms with Crippen LogP contribution in [0.1, 0.15) is 40.0 Å². The lowest BCUT2D eigenvalue weighted by atomic mass is 9.92. The molecular weight excluding hydrogens is 198 g/mol. The Labute approximate surface area is 80.9 Å². The van der Waals surface area contributed by atoms with Gasteiger partial charge in [0.05, 0.1) is 14.9 Å². The van der Waals surface area contributed by atoms with Gasteiger partial charge in [0.2, 0.25) is 0 Å². The van der Waals surface area contributed by atoms with Crippen LogP contribution in [0.15, 0.2) is 0 Å². The fourth-order valence-electron chi connectivity index (χ4n) is 0.750. The lowest BCUT2D eigenvalue weighted by Gasteiger charge is -2.23. The third-order valence-electron chi connectivity index (χ3n) is 2.11. The second-order valence-corrected chi connectivity index (χ2v) is 3.61. The van der Waals surface area contributed by atoms with Gasteiger partial charge >= 0.3 is 0 Å². The first-order chi connectivity index (χ1) is 5.68. The molecule has 0 rings (SSSR count). The smallest absolute Gasteiger partial charge is 0.0777 e. The van der Waals surface area contributed by atoms with E-state index in [-0.39, 0.29) is 5.54 Å². The van der Waals surface area contributed by atoms with Gasteiger partial charge in [-0.15, -0.1) is 0 Å². The highest BCUT2D eigenvalue weighted by Gasteiger charge is 2.15. The Kier molecular flexibility index (Phi) is 7.81. The van der Waals surface area contributed by atoms with Crippen LogP contribution in [0.2, 0.25) is 0 Å². The average molecular weight is 216 g/mol. The van der Waals surface area contributed by atoms with E-state index in [0.29, 0.717) is 0 Å². The Morgan fingerprint density at radius 1 is 1.08 bits per heavy atom. The Morgan fingerprint density at radius 2 is 1.23 bits per heavy atom. The van der Waals surface area contributed by atoms with E-state index in [0.717, 1.165) is 19.3 Å². The molecule has 0 aromatic rings. The first-order valence-electron chi connectivity index (χ1n) is 4.10. The van der Waals surface area contributed by atoms with Crippen molar-refractivity contribution < 1.29 is 28.9 Å². The largest absolute Gasteiger partial charge is 0.325 e. The van der Waals surface area contributed by atoms with Crippen LogP contribution < -0.4 is 19.7 Å². The summed E-state index contributed by atoms with van der Waals surface area (Å²) >= 11 is 0. The van der Waals surface area contributed by atoms with Gasteiger partial charge in [-0.25, -0.2) is 0 Å². The predicted molar refractivity (Wildman–Crippen MR) is 40.0 cm³/mol. The first kappa shape index (κ1) is 15.6. The van der Waals surface area contributed by atoms with Gasteiger partial charge in [-0.3, -0.25) is 0 Å². The maximum absolute atomic E-state index is 8.60. The minimum atomic E-state index is -4.69. The summed E-state index contributed by atoms with van der Waals surface area (Å²) in [5.41, 5.74) is 6.02. The Hall–Kier alpha value is 0.0900. The monoisotopic (exact) mass is 215 g/mol. The van der Waals surface area contributed by atoms with Gasteiger partial charge in [-0.1, -0.05) is 20.8 Å². The van der Waals surface area contributed by atoms with Crippen molar-refractivity contribution in [3.63, 3.8) is 0 Å². The van der Waals surface area contributed by atoms with Crippen molar-refractivity contribution in [2.75, 3.05) is 0 Å². The van der Waals surface area contributed by atoms with Crippen molar-refractivity contribution >= 4 is 0 Å². The molecule has 0 spiro atoms. The van der Waals surface area contributed by atoms with Crippen LogP contribution in [0, 0.1) is 10.2 Å². The molecule has 3 N–H and O–H groups in total. The second-order valence-electron chi connectivity index (χ2n) is 2.82. The van der Waals surface area contributed by atoms with Crippen LogP contribution in [0.5, 0.6) is 0 Å². The fraction of sp³-hybridized carbons (Fsp3) is 1.00. The number of nitrogens with two attached hydrogens (primary N) is 1. The molecule has 0 atom stereocenters. The van der Waals surface area contributed by atoms with Gasteiger partial charge in [0.15, 0.2) is 0 Å². The van der Waals surface area contributed by atoms with E-state index < -0.39 is 10.2 Å². The Bertz CT molecular complexity index is 108. The fourth-order valence-corrected chi connectivity index (χ4v) is 0.750. The second kappa shape index (κ2) is 6.53. The van der Waals surface area contributed by atoms with Crippen molar-refractivity contribution in [2.24, 2.45) is 5.73 Å². The average Bonchev–Trinajstić information content (AvgIpc) is 2.00. The van der Waals surface area contributed by atoms with Gasteiger partial charge < -0.3 is 5.73 Å². The normalized spacial score (nSPS) is 12.0. The van der Waals surface area contributed by atoms with Crippen LogP contribution in [-0.2, 0) is 0 Å². The summed E-state index contributed by atoms with van der Waals surface area (Å²) in [5.74, 6) is 0. The molecule has 0 aliphatic carbocycles. The third kappa shape index (κ3) is 14.9. The minimum Gasteiger partial charge on any atom is -0.325 e. The van der Waals surface area contributed by atoms with E-state index in [2.05, 4.69) is 20.8 Å². The lowest BCUT2D eigenvalue weighted by molar-refractivity contribution is -1.92. The number of hydrogen-bond donors (Lipinski definition) is 2. The van der Waals surface area contributed by atoms with Crippen molar-refractivity contribution in [2.45, 2.75) is 45.6 Å². The SMILES string of the molecule is CCC(N)(CC)CC.[O-][Cl+3]([O-])([O-])O. The van der Waals surface area contributed by atoms with E-state index in [1.54, 1.807) is 0 Å². The highest BCUT2D eigenvalue weighted by molar-refractivity contribution is 4.77. The lowest BCUT2D eigenvalue weighted by Crippen LogP contribution is -2.58. The van der Waals surface area contributed by atoms with E-state index >= 15 is 0 Å². The molecule has 0 saturated heterocycles. The molecule has 0 aliphatic rings. The summed E-state index contributed by atoms with van der Waals surface area (Å²) in [7, 11) is -4.69. The molecule has 0 aromatic heterocycles. The van der Waals surface area contributed by atoms with Gasteiger partial charge in [0, 0.05) is 5.54 Å². The topological polar surface area (TPSA) is 115 Å². The molecule has 0 saturated carbocycles. The van der Waals surface area contributed by atoms with Gasteiger partial charge in [-0.05, 0) is 19.3 Å². The zero-order valence-electron chi connectivity index (χ0n) is 8.25. The summed E-state index contributed by atoms with van der Waals surface area (Å²) in [6.45, 7) is 6.44. The zero-order valence-corrected chi connectivity index (χ0v) is 9.00. The highest BCUT2D eigenvalue weighted by atomic mass is 35.7. The maximum atomic E-state index is 8.60. The number of hydrogen-bond acceptors (Lipinski definition) is 5. The molecule has 6 heteroatoms. The quantitative estimate of drug-likeness (QED) is 0.554. The standard InChI is InChI=1S/C7H17N.ClHO4/c1-4-7(8,5-2)6-3;2-1(3,4)5/h4-6,8H2,1-3H3;(H,2,3,4,5). The molecule has 0 fully saturated rings. The van der Waals surface area contributed by atoms with E-state index in [4.69, 9.17) is 24.4 Å². The maximum Gasteiger partial charge on any atom is 0.0777 e. The number of halogens is 1. The Balaban J connectivity index is 0. The molecule has 5 nitrogen and oxygen atoms in total. The summed E-state index contributed by atoms with van der Waals surface area (Å²) in [6, 6.07) is 0. The molecule has 0 heterocycles. The van der Waals surface area contributed by atoms with Gasteiger partial charge in [-0.2, -0.15) is 14.0 Å². The minimum absolute atomic E-state index is 0.125. The van der Waals surface area contributed by atoms with E-state index in [1.165, 1.54) is 0 Å². The third-order valence-corrected chi connectivity index (χ3v) is 2.11. The molecule has 0 radical (unpaired) electrons. The molecule has 0 unspecified atom stereocenters. The van der Waals surface area contributed by atoms with Gasteiger partial charge in [0.1, 0.15) is 0 Å². The predicted octanol–water partition coefficient (Wildman–Crippen LogP) is -2.21. The molecule has 13 heavy (non-hydrogen) atoms. The molecule has 0 bridgehead atoms. The number of rotatable bonds is 3. The molecule has 82 valence electrons. The van der Waals surface area contributed by atoms with Gasteiger partial charge in [0.25, 0.3) is 0 Å². The summed E-state index contributed by atoms with van der Waals surface area (Å²) in [5, 5.41) is 0. The Morgan fingerprint density at radius 3 is 1.23 bits per heavy atom. The first-order valence-corrected chi connectivity index (χ1v) is 5.37. The summed E-state index contributed by atoms with van der Waals surface area (Å²) in [6.07, 6.45) is 3.29. The molecular formula is C7H18ClNO4. The zero-order chi connectivity index (χ0) is 11.1. The van der Waals surface area contributed by atoms with Crippen molar-refractivity contribution in [3.8, 4) is 0 Å². The van der Waals surface area contributed by atoms with E-state index in [9.17, 15) is 0 Å². The van der Waals surface area contributed by atoms with Crippen LogP contribution in [0.3, 0.4) is 0 Å². The molecule has 0 aliphatic heterocycles. The molecule has 0 aromatic carbocycles. The van der Waals surface area contributed by atoms with Crippen molar-refractivity contribution in [1.82, 2.24) is 0 Å². The molecule has 0 amide bonds. The summed E-state index contributed by atoms with van der Waals surface area (Å²) in [4.78, 5) is 0. The van der Waals surface area contributed by atoms with Crippen LogP contribution in [-0.4, -0.2) is 10.2 Å². The van der Waals surface area contributed by atoms with Crippen molar-refractivity contribution in [3.05, 3.63) is 0 Å². The van der Waals surface area contributed by atoms with E-state index in [1.807, 2.05) is 0 Å². The van der Waals surface area contributed by atoms with Crippen LogP contribution in [0.4, 0.5) is 0 Å². The summed E-state index contributed by atoms with van der Waals surface area (Å²) < 4.78 is 32.7. The van der Waals surface area contributed by atoms with Crippen LogP contribution in [0.25, 0.3) is 0 Å². The highest BCUT2D eigenvalue weighted by Crippen LogP contribution is 2.14. The van der Waals surface area contributed by atoms with Crippen LogP contribution >= 0.6 is 0 Å².